The van der Waals surface area contributed by atoms with Crippen molar-refractivity contribution in [2.75, 3.05) is 36.8 Å². The molecule has 0 spiro atoms. The molecule has 3 heterocycles. The second-order valence-electron chi connectivity index (χ2n) is 10.2. The normalized spacial score (nSPS) is 15.1. The van der Waals surface area contributed by atoms with Crippen LogP contribution < -0.4 is 15.4 Å². The third kappa shape index (κ3) is 7.04. The fourth-order valence-corrected chi connectivity index (χ4v) is 4.31. The van der Waals surface area contributed by atoms with Gasteiger partial charge in [-0.25, -0.2) is 14.2 Å². The molecule has 0 aliphatic carbocycles. The van der Waals surface area contributed by atoms with E-state index in [1.807, 2.05) is 4.90 Å². The molecule has 214 valence electrons. The van der Waals surface area contributed by atoms with Gasteiger partial charge in [-0.05, 0) is 51.1 Å². The summed E-state index contributed by atoms with van der Waals surface area (Å²) in [6.45, 7) is 7.37. The Bertz CT molecular complexity index is 1380. The fourth-order valence-electron chi connectivity index (χ4n) is 4.09. The molecule has 0 bridgehead atoms. The molecule has 1 fully saturated rings. The zero-order chi connectivity index (χ0) is 29.2. The van der Waals surface area contributed by atoms with Crippen LogP contribution in [-0.2, 0) is 4.74 Å². The summed E-state index contributed by atoms with van der Waals surface area (Å²) in [6.07, 6.45) is -3.32. The lowest BCUT2D eigenvalue weighted by Gasteiger charge is -2.36. The molecular formula is C27H28ClF4N5O3. The van der Waals surface area contributed by atoms with Crippen molar-refractivity contribution in [3.63, 3.8) is 0 Å². The van der Waals surface area contributed by atoms with E-state index in [-0.39, 0.29) is 22.7 Å². The topological polar surface area (TPSA) is 93.8 Å². The lowest BCUT2D eigenvalue weighted by atomic mass is 10.1. The molecule has 1 aromatic carbocycles. The number of benzene rings is 1. The maximum atomic E-state index is 14.0. The fraction of sp³-hybridized carbons (Fsp3) is 0.370. The molecule has 3 aromatic rings. The molecular weight excluding hydrogens is 554 g/mol. The minimum absolute atomic E-state index is 0.284. The Balaban J connectivity index is 1.54. The Labute approximate surface area is 233 Å². The average Bonchev–Trinajstić information content (AvgIpc) is 2.88. The van der Waals surface area contributed by atoms with Gasteiger partial charge in [-0.3, -0.25) is 4.98 Å². The number of hydrogen-bond donors (Lipinski definition) is 1. The molecule has 1 saturated heterocycles. The predicted octanol–water partition coefficient (Wildman–Crippen LogP) is 6.26. The van der Waals surface area contributed by atoms with Crippen molar-refractivity contribution in [3.8, 4) is 16.9 Å². The van der Waals surface area contributed by atoms with E-state index in [9.17, 15) is 22.4 Å². The van der Waals surface area contributed by atoms with Crippen LogP contribution in [0.1, 0.15) is 32.4 Å². The van der Waals surface area contributed by atoms with Gasteiger partial charge in [-0.2, -0.15) is 13.2 Å². The molecule has 2 aromatic heterocycles. The number of alkyl halides is 3. The highest BCUT2D eigenvalue weighted by Crippen LogP contribution is 2.41. The van der Waals surface area contributed by atoms with Crippen LogP contribution in [0.2, 0.25) is 5.02 Å². The number of pyridine rings is 2. The molecule has 1 unspecified atom stereocenters. The monoisotopic (exact) mass is 581 g/mol. The van der Waals surface area contributed by atoms with Crippen LogP contribution in [0.5, 0.6) is 5.75 Å². The first-order chi connectivity index (χ1) is 18.7. The van der Waals surface area contributed by atoms with E-state index >= 15 is 0 Å². The van der Waals surface area contributed by atoms with Gasteiger partial charge in [0.15, 0.2) is 11.6 Å². The van der Waals surface area contributed by atoms with Crippen molar-refractivity contribution in [2.24, 2.45) is 0 Å². The number of amides is 1. The maximum absolute atomic E-state index is 14.0. The van der Waals surface area contributed by atoms with Crippen molar-refractivity contribution in [1.29, 1.82) is 0 Å². The van der Waals surface area contributed by atoms with Crippen molar-refractivity contribution >= 4 is 29.2 Å². The van der Waals surface area contributed by atoms with E-state index in [0.29, 0.717) is 43.4 Å². The Morgan fingerprint density at radius 2 is 1.70 bits per heavy atom. The Morgan fingerprint density at radius 1 is 1.02 bits per heavy atom. The number of carbonyl (C=O) groups is 1. The number of halogens is 5. The van der Waals surface area contributed by atoms with E-state index in [1.165, 1.54) is 18.5 Å². The maximum Gasteiger partial charge on any atom is 0.429 e. The molecule has 0 radical (unpaired) electrons. The highest BCUT2D eigenvalue weighted by atomic mass is 35.5. The van der Waals surface area contributed by atoms with Gasteiger partial charge < -0.3 is 25.0 Å². The van der Waals surface area contributed by atoms with Gasteiger partial charge in [-0.15, -0.1) is 0 Å². The standard InChI is InChI=1S/C27H28ClF4N5O3/c1-26(2,3)40-25(38)37-8-6-36(7-9-37)19-10-16(13-34-15-19)17-11-22(24(33)35-14-17)39-23(27(30,31)32)20-12-18(29)4-5-21(20)28/h4-5,10-15,23H,6-9H2,1-3H3,(H2,33,35). The number of nitrogens with zero attached hydrogens (tertiary/aromatic N) is 4. The number of piperazine rings is 1. The number of rotatable bonds is 5. The average molecular weight is 582 g/mol. The molecule has 2 N–H and O–H groups in total. The molecule has 8 nitrogen and oxygen atoms in total. The summed E-state index contributed by atoms with van der Waals surface area (Å²) >= 11 is 5.94. The van der Waals surface area contributed by atoms with Crippen molar-refractivity contribution in [1.82, 2.24) is 14.9 Å². The molecule has 13 heteroatoms. The molecule has 0 saturated carbocycles. The molecule has 4 rings (SSSR count). The van der Waals surface area contributed by atoms with Crippen molar-refractivity contribution < 1.29 is 31.8 Å². The third-order valence-corrected chi connectivity index (χ3v) is 6.36. The van der Waals surface area contributed by atoms with Gasteiger partial charge in [0.05, 0.1) is 11.9 Å². The van der Waals surface area contributed by atoms with Crippen LogP contribution in [0.25, 0.3) is 11.1 Å². The third-order valence-electron chi connectivity index (χ3n) is 6.02. The lowest BCUT2D eigenvalue weighted by molar-refractivity contribution is -0.197. The number of hydrogen-bond acceptors (Lipinski definition) is 7. The highest BCUT2D eigenvalue weighted by Gasteiger charge is 2.44. The van der Waals surface area contributed by atoms with E-state index in [2.05, 4.69) is 9.97 Å². The van der Waals surface area contributed by atoms with E-state index in [4.69, 9.17) is 26.8 Å². The van der Waals surface area contributed by atoms with Crippen LogP contribution in [0, 0.1) is 5.82 Å². The number of nitrogens with two attached hydrogens (primary N) is 1. The Morgan fingerprint density at radius 3 is 2.35 bits per heavy atom. The number of aromatic nitrogens is 2. The number of ether oxygens (including phenoxy) is 2. The summed E-state index contributed by atoms with van der Waals surface area (Å²) < 4.78 is 66.3. The second-order valence-corrected chi connectivity index (χ2v) is 10.6. The van der Waals surface area contributed by atoms with Gasteiger partial charge in [0, 0.05) is 60.3 Å². The number of carbonyl (C=O) groups excluding carboxylic acids is 1. The van der Waals surface area contributed by atoms with Crippen LogP contribution in [0.3, 0.4) is 0 Å². The summed E-state index contributed by atoms with van der Waals surface area (Å²) in [4.78, 5) is 24.3. The van der Waals surface area contributed by atoms with Gasteiger partial charge in [0.1, 0.15) is 11.4 Å². The number of nitrogen functional groups attached to an aromatic ring is 1. The molecule has 1 aliphatic heterocycles. The Kier molecular flexibility index (Phi) is 8.29. The van der Waals surface area contributed by atoms with Crippen molar-refractivity contribution in [2.45, 2.75) is 38.7 Å². The molecule has 1 amide bonds. The van der Waals surface area contributed by atoms with E-state index < -0.39 is 29.3 Å². The zero-order valence-electron chi connectivity index (χ0n) is 22.0. The van der Waals surface area contributed by atoms with Crippen LogP contribution in [0.4, 0.5) is 33.9 Å². The van der Waals surface area contributed by atoms with Gasteiger partial charge >= 0.3 is 12.3 Å². The van der Waals surface area contributed by atoms with Crippen LogP contribution in [-0.4, -0.2) is 58.9 Å². The number of anilines is 2. The smallest absolute Gasteiger partial charge is 0.429 e. The molecule has 1 atom stereocenters. The SMILES string of the molecule is CC(C)(C)OC(=O)N1CCN(c2cncc(-c3cnc(N)c(OC(c4cc(F)ccc4Cl)C(F)(F)F)c3)c2)CC1. The predicted molar refractivity (Wildman–Crippen MR) is 143 cm³/mol. The summed E-state index contributed by atoms with van der Waals surface area (Å²) in [5, 5.41) is -0.310. The molecule has 40 heavy (non-hydrogen) atoms. The van der Waals surface area contributed by atoms with Gasteiger partial charge in [0.2, 0.25) is 6.10 Å². The summed E-state index contributed by atoms with van der Waals surface area (Å²) in [5.41, 5.74) is 6.37. The highest BCUT2D eigenvalue weighted by molar-refractivity contribution is 6.31. The summed E-state index contributed by atoms with van der Waals surface area (Å²) in [6, 6.07) is 5.77. The summed E-state index contributed by atoms with van der Waals surface area (Å²) in [5.74, 6) is -1.53. The first-order valence-electron chi connectivity index (χ1n) is 12.3. The van der Waals surface area contributed by atoms with Crippen LogP contribution >= 0.6 is 11.6 Å². The second kappa shape index (κ2) is 11.4. The minimum atomic E-state index is -4.93. The first kappa shape index (κ1) is 29.2. The van der Waals surface area contributed by atoms with E-state index in [0.717, 1.165) is 17.8 Å². The first-order valence-corrected chi connectivity index (χ1v) is 12.7. The van der Waals surface area contributed by atoms with Crippen molar-refractivity contribution in [3.05, 3.63) is 65.3 Å². The molecule has 1 aliphatic rings. The lowest BCUT2D eigenvalue weighted by Crippen LogP contribution is -2.50. The largest absolute Gasteiger partial charge is 0.472 e. The van der Waals surface area contributed by atoms with Crippen LogP contribution in [0.15, 0.2) is 48.9 Å². The quantitative estimate of drug-likeness (QED) is 0.356. The Hall–Kier alpha value is -3.80. The van der Waals surface area contributed by atoms with Gasteiger partial charge in [0.25, 0.3) is 0 Å². The minimum Gasteiger partial charge on any atom is -0.472 e. The van der Waals surface area contributed by atoms with E-state index in [1.54, 1.807) is 37.9 Å². The zero-order valence-corrected chi connectivity index (χ0v) is 22.8. The van der Waals surface area contributed by atoms with Gasteiger partial charge in [-0.1, -0.05) is 11.6 Å². The summed E-state index contributed by atoms with van der Waals surface area (Å²) in [7, 11) is 0.